The van der Waals surface area contributed by atoms with Gasteiger partial charge in [0, 0.05) is 5.56 Å². The van der Waals surface area contributed by atoms with Crippen molar-refractivity contribution < 1.29 is 22.0 Å². The Morgan fingerprint density at radius 1 is 1.14 bits per heavy atom. The fourth-order valence-corrected chi connectivity index (χ4v) is 2.49. The Kier molecular flexibility index (Phi) is 4.25. The lowest BCUT2D eigenvalue weighted by Gasteiger charge is -2.09. The summed E-state index contributed by atoms with van der Waals surface area (Å²) in [5, 5.41) is 7.09. The van der Waals surface area contributed by atoms with Crippen LogP contribution in [-0.2, 0) is 10.0 Å². The number of para-hydroxylation sites is 1. The summed E-state index contributed by atoms with van der Waals surface area (Å²) in [6.07, 6.45) is 0. The molecule has 2 rings (SSSR count). The van der Waals surface area contributed by atoms with E-state index in [1.54, 1.807) is 6.92 Å². The van der Waals surface area contributed by atoms with Gasteiger partial charge in [-0.3, -0.25) is 4.79 Å². The minimum atomic E-state index is -4.00. The van der Waals surface area contributed by atoms with Crippen molar-refractivity contribution in [2.45, 2.75) is 11.8 Å². The van der Waals surface area contributed by atoms with Crippen molar-refractivity contribution in [1.82, 2.24) is 0 Å². The average Bonchev–Trinajstić information content (AvgIpc) is 2.41. The van der Waals surface area contributed by atoms with E-state index in [2.05, 4.69) is 5.32 Å². The van der Waals surface area contributed by atoms with E-state index in [1.165, 1.54) is 12.1 Å². The largest absolute Gasteiger partial charge is 0.317 e. The number of nitrogens with two attached hydrogens (primary N) is 1. The standard InChI is InChI=1S/C14H12F2N2O3S/c1-8-5-9(7-10(6-8)22(17,20)21)14(19)18-13-11(15)3-2-4-12(13)16/h2-7H,1H3,(H,18,19)(H2,17,20,21). The predicted octanol–water partition coefficient (Wildman–Crippen LogP) is 2.17. The second kappa shape index (κ2) is 5.82. The fourth-order valence-electron chi connectivity index (χ4n) is 1.85. The topological polar surface area (TPSA) is 89.3 Å². The highest BCUT2D eigenvalue weighted by atomic mass is 32.2. The molecule has 3 N–H and O–H groups in total. The maximum absolute atomic E-state index is 13.5. The molecule has 0 fully saturated rings. The highest BCUT2D eigenvalue weighted by molar-refractivity contribution is 7.89. The number of amides is 1. The van der Waals surface area contributed by atoms with Gasteiger partial charge < -0.3 is 5.32 Å². The zero-order chi connectivity index (χ0) is 16.5. The van der Waals surface area contributed by atoms with Crippen LogP contribution >= 0.6 is 0 Å². The van der Waals surface area contributed by atoms with Gasteiger partial charge in [0.15, 0.2) is 0 Å². The van der Waals surface area contributed by atoms with Crippen molar-refractivity contribution in [2.24, 2.45) is 5.14 Å². The van der Waals surface area contributed by atoms with Gasteiger partial charge >= 0.3 is 0 Å². The summed E-state index contributed by atoms with van der Waals surface area (Å²) in [5.74, 6) is -2.72. The molecule has 0 aromatic heterocycles. The van der Waals surface area contributed by atoms with Crippen molar-refractivity contribution in [2.75, 3.05) is 5.32 Å². The Bertz CT molecular complexity index is 831. The van der Waals surface area contributed by atoms with E-state index in [1.807, 2.05) is 0 Å². The van der Waals surface area contributed by atoms with Crippen LogP contribution in [0.4, 0.5) is 14.5 Å². The summed E-state index contributed by atoms with van der Waals surface area (Å²) >= 11 is 0. The summed E-state index contributed by atoms with van der Waals surface area (Å²) in [6, 6.07) is 6.84. The van der Waals surface area contributed by atoms with Crippen molar-refractivity contribution >= 4 is 21.6 Å². The number of aryl methyl sites for hydroxylation is 1. The second-order valence-corrected chi connectivity index (χ2v) is 6.19. The van der Waals surface area contributed by atoms with Gasteiger partial charge in [0.1, 0.15) is 17.3 Å². The monoisotopic (exact) mass is 326 g/mol. The van der Waals surface area contributed by atoms with Crippen LogP contribution in [-0.4, -0.2) is 14.3 Å². The van der Waals surface area contributed by atoms with E-state index < -0.39 is 33.3 Å². The summed E-state index contributed by atoms with van der Waals surface area (Å²) in [5.41, 5.74) is -0.219. The number of anilines is 1. The Balaban J connectivity index is 2.41. The van der Waals surface area contributed by atoms with E-state index in [9.17, 15) is 22.0 Å². The van der Waals surface area contributed by atoms with Crippen LogP contribution < -0.4 is 10.5 Å². The molecule has 8 heteroatoms. The summed E-state index contributed by atoms with van der Waals surface area (Å²) in [7, 11) is -4.00. The smallest absolute Gasteiger partial charge is 0.255 e. The number of hydrogen-bond acceptors (Lipinski definition) is 3. The third kappa shape index (κ3) is 3.46. The minimum Gasteiger partial charge on any atom is -0.317 e. The number of halogens is 2. The highest BCUT2D eigenvalue weighted by Gasteiger charge is 2.16. The van der Waals surface area contributed by atoms with E-state index in [4.69, 9.17) is 5.14 Å². The molecule has 0 aliphatic carbocycles. The number of nitrogens with one attached hydrogen (secondary N) is 1. The van der Waals surface area contributed by atoms with Crippen molar-refractivity contribution in [3.63, 3.8) is 0 Å². The van der Waals surface area contributed by atoms with Crippen LogP contribution in [0, 0.1) is 18.6 Å². The molecule has 2 aromatic rings. The second-order valence-electron chi connectivity index (χ2n) is 4.63. The van der Waals surface area contributed by atoms with Gasteiger partial charge in [-0.05, 0) is 42.8 Å². The molecule has 2 aromatic carbocycles. The van der Waals surface area contributed by atoms with Gasteiger partial charge in [-0.1, -0.05) is 6.07 Å². The normalized spacial score (nSPS) is 11.3. The third-order valence-electron chi connectivity index (χ3n) is 2.84. The van der Waals surface area contributed by atoms with E-state index in [0.717, 1.165) is 24.3 Å². The van der Waals surface area contributed by atoms with Gasteiger partial charge in [0.25, 0.3) is 5.91 Å². The number of hydrogen-bond donors (Lipinski definition) is 2. The minimum absolute atomic E-state index is 0.0771. The third-order valence-corrected chi connectivity index (χ3v) is 3.74. The highest BCUT2D eigenvalue weighted by Crippen LogP contribution is 2.20. The molecule has 0 unspecified atom stereocenters. The van der Waals surface area contributed by atoms with Gasteiger partial charge in [0.2, 0.25) is 10.0 Å². The number of rotatable bonds is 3. The molecule has 0 aliphatic heterocycles. The SMILES string of the molecule is Cc1cc(C(=O)Nc2c(F)cccc2F)cc(S(N)(=O)=O)c1. The molecule has 0 spiro atoms. The first-order valence-corrected chi connectivity index (χ1v) is 7.63. The quantitative estimate of drug-likeness (QED) is 0.906. The molecule has 5 nitrogen and oxygen atoms in total. The lowest BCUT2D eigenvalue weighted by atomic mass is 10.1. The molecule has 22 heavy (non-hydrogen) atoms. The number of carbonyl (C=O) groups excluding carboxylic acids is 1. The van der Waals surface area contributed by atoms with Gasteiger partial charge in [-0.15, -0.1) is 0 Å². The lowest BCUT2D eigenvalue weighted by molar-refractivity contribution is 0.102. The first-order valence-electron chi connectivity index (χ1n) is 6.08. The average molecular weight is 326 g/mol. The summed E-state index contributed by atoms with van der Waals surface area (Å²) in [4.78, 5) is 11.8. The van der Waals surface area contributed by atoms with E-state index >= 15 is 0 Å². The van der Waals surface area contributed by atoms with Crippen LogP contribution in [0.5, 0.6) is 0 Å². The molecular formula is C14H12F2N2O3S. The van der Waals surface area contributed by atoms with Crippen molar-refractivity contribution in [3.8, 4) is 0 Å². The lowest BCUT2D eigenvalue weighted by Crippen LogP contribution is -2.17. The van der Waals surface area contributed by atoms with Crippen LogP contribution in [0.25, 0.3) is 0 Å². The van der Waals surface area contributed by atoms with Gasteiger partial charge in [-0.2, -0.15) is 0 Å². The predicted molar refractivity (Wildman–Crippen MR) is 76.9 cm³/mol. The van der Waals surface area contributed by atoms with E-state index in [-0.39, 0.29) is 10.5 Å². The molecule has 116 valence electrons. The first kappa shape index (κ1) is 16.1. The zero-order valence-corrected chi connectivity index (χ0v) is 12.2. The maximum atomic E-state index is 13.5. The molecular weight excluding hydrogens is 314 g/mol. The Hall–Kier alpha value is -2.32. The van der Waals surface area contributed by atoms with Crippen LogP contribution in [0.1, 0.15) is 15.9 Å². The van der Waals surface area contributed by atoms with Crippen LogP contribution in [0.2, 0.25) is 0 Å². The number of carbonyl (C=O) groups is 1. The molecule has 1 amide bonds. The van der Waals surface area contributed by atoms with Gasteiger partial charge in [-0.25, -0.2) is 22.3 Å². The Labute approximate surface area is 125 Å². The molecule has 0 saturated carbocycles. The maximum Gasteiger partial charge on any atom is 0.255 e. The zero-order valence-electron chi connectivity index (χ0n) is 11.4. The number of benzene rings is 2. The molecule has 0 radical (unpaired) electrons. The molecule has 0 aliphatic rings. The fraction of sp³-hybridized carbons (Fsp3) is 0.0714. The molecule has 0 saturated heterocycles. The van der Waals surface area contributed by atoms with Crippen molar-refractivity contribution in [1.29, 1.82) is 0 Å². The Morgan fingerprint density at radius 3 is 2.27 bits per heavy atom. The molecule has 0 heterocycles. The summed E-state index contributed by atoms with van der Waals surface area (Å²) in [6.45, 7) is 1.56. The summed E-state index contributed by atoms with van der Waals surface area (Å²) < 4.78 is 49.7. The number of primary sulfonamides is 1. The number of sulfonamides is 1. The van der Waals surface area contributed by atoms with Crippen LogP contribution in [0.3, 0.4) is 0 Å². The molecule has 0 bridgehead atoms. The first-order chi connectivity index (χ1) is 10.2. The van der Waals surface area contributed by atoms with E-state index in [0.29, 0.717) is 5.56 Å². The Morgan fingerprint density at radius 2 is 1.73 bits per heavy atom. The van der Waals surface area contributed by atoms with Gasteiger partial charge in [0.05, 0.1) is 4.90 Å². The van der Waals surface area contributed by atoms with Crippen LogP contribution in [0.15, 0.2) is 41.3 Å². The van der Waals surface area contributed by atoms with Crippen molar-refractivity contribution in [3.05, 3.63) is 59.2 Å². The molecule has 0 atom stereocenters.